The summed E-state index contributed by atoms with van der Waals surface area (Å²) in [5, 5.41) is 0.518. The van der Waals surface area contributed by atoms with Crippen LogP contribution in [0.1, 0.15) is 18.9 Å². The van der Waals surface area contributed by atoms with Crippen molar-refractivity contribution in [2.24, 2.45) is 0 Å². The molecule has 2 aromatic heterocycles. The van der Waals surface area contributed by atoms with E-state index in [-0.39, 0.29) is 17.5 Å². The second kappa shape index (κ2) is 4.46. The van der Waals surface area contributed by atoms with Crippen LogP contribution in [0.3, 0.4) is 0 Å². The fourth-order valence-corrected chi connectivity index (χ4v) is 2.46. The molecule has 0 aromatic carbocycles. The molecule has 0 spiro atoms. The number of likely N-dealkylation sites (tertiary alicyclic amines) is 1. The van der Waals surface area contributed by atoms with Crippen molar-refractivity contribution in [2.45, 2.75) is 18.9 Å². The Balaban J connectivity index is 2.04. The number of fused-ring (bicyclic) bond motifs is 1. The number of likely N-dealkylation sites (N-methyl/N-ethyl adjacent to an activating group) is 1. The molecule has 1 aliphatic heterocycles. The summed E-state index contributed by atoms with van der Waals surface area (Å²) in [6.45, 7) is 0.548. The molecular weight excluding hydrogens is 244 g/mol. The third-order valence-corrected chi connectivity index (χ3v) is 3.58. The van der Waals surface area contributed by atoms with E-state index in [1.165, 1.54) is 0 Å². The summed E-state index contributed by atoms with van der Waals surface area (Å²) >= 11 is 0. The van der Waals surface area contributed by atoms with Gasteiger partial charge in [-0.2, -0.15) is 0 Å². The van der Waals surface area contributed by atoms with E-state index < -0.39 is 0 Å². The Bertz CT molecular complexity index is 694. The first-order valence-electron chi connectivity index (χ1n) is 6.21. The quantitative estimate of drug-likeness (QED) is 0.750. The highest BCUT2D eigenvalue weighted by molar-refractivity contribution is 5.77. The van der Waals surface area contributed by atoms with Crippen molar-refractivity contribution in [1.29, 1.82) is 0 Å². The van der Waals surface area contributed by atoms with Crippen LogP contribution in [-0.4, -0.2) is 38.9 Å². The zero-order chi connectivity index (χ0) is 13.4. The highest BCUT2D eigenvalue weighted by atomic mass is 16.2. The topological polar surface area (TPSA) is 68.1 Å². The molecule has 0 radical (unpaired) electrons. The second-order valence-electron chi connectivity index (χ2n) is 4.82. The van der Waals surface area contributed by atoms with Crippen molar-refractivity contribution in [3.63, 3.8) is 0 Å². The molecule has 2 aromatic rings. The molecule has 0 bridgehead atoms. The summed E-state index contributed by atoms with van der Waals surface area (Å²) in [6.07, 6.45) is 5.87. The van der Waals surface area contributed by atoms with E-state index in [1.54, 1.807) is 41.3 Å². The number of nitrogens with zero attached hydrogens (tertiary/aromatic N) is 4. The van der Waals surface area contributed by atoms with Gasteiger partial charge in [-0.25, -0.2) is 4.98 Å². The van der Waals surface area contributed by atoms with Crippen molar-refractivity contribution in [1.82, 2.24) is 19.4 Å². The molecule has 0 unspecified atom stereocenters. The van der Waals surface area contributed by atoms with Gasteiger partial charge in [0.1, 0.15) is 0 Å². The van der Waals surface area contributed by atoms with Crippen LogP contribution in [0.4, 0.5) is 0 Å². The fraction of sp³-hybridized carbons (Fsp3) is 0.385. The normalized spacial score (nSPS) is 19.9. The van der Waals surface area contributed by atoms with E-state index in [1.807, 2.05) is 0 Å². The maximum absolute atomic E-state index is 12.4. The number of rotatable bonds is 1. The summed E-state index contributed by atoms with van der Waals surface area (Å²) in [6, 6.07) is 1.71. The Kier molecular flexibility index (Phi) is 2.77. The number of piperidine rings is 1. The van der Waals surface area contributed by atoms with Crippen LogP contribution in [0.15, 0.2) is 29.6 Å². The average molecular weight is 258 g/mol. The van der Waals surface area contributed by atoms with E-state index in [4.69, 9.17) is 0 Å². The third-order valence-electron chi connectivity index (χ3n) is 3.58. The van der Waals surface area contributed by atoms with Gasteiger partial charge in [0, 0.05) is 32.4 Å². The molecule has 1 amide bonds. The molecule has 98 valence electrons. The Hall–Kier alpha value is -2.24. The molecular formula is C13H14N4O2. The first-order chi connectivity index (χ1) is 9.16. The molecule has 0 aliphatic carbocycles. The van der Waals surface area contributed by atoms with E-state index >= 15 is 0 Å². The van der Waals surface area contributed by atoms with Gasteiger partial charge in [-0.05, 0) is 12.5 Å². The van der Waals surface area contributed by atoms with Crippen molar-refractivity contribution >= 4 is 16.8 Å². The number of hydrogen-bond acceptors (Lipinski definition) is 4. The van der Waals surface area contributed by atoms with Gasteiger partial charge in [0.25, 0.3) is 5.56 Å². The van der Waals surface area contributed by atoms with Gasteiger partial charge in [0.05, 0.1) is 23.3 Å². The van der Waals surface area contributed by atoms with Crippen molar-refractivity contribution in [3.05, 3.63) is 35.1 Å². The zero-order valence-electron chi connectivity index (χ0n) is 10.6. The number of pyridine rings is 1. The van der Waals surface area contributed by atoms with Crippen LogP contribution in [0.2, 0.25) is 0 Å². The van der Waals surface area contributed by atoms with Crippen LogP contribution in [0.5, 0.6) is 0 Å². The minimum atomic E-state index is -0.0918. The standard InChI is InChI=1S/C13H14N4O2/c1-16-7-9(2-3-12(16)18)17-8-15-11-4-5-14-6-10(11)13(17)19/h4-6,8-9H,2-3,7H2,1H3/t9-/m1/s1. The Labute approximate surface area is 109 Å². The first kappa shape index (κ1) is 11.8. The van der Waals surface area contributed by atoms with Gasteiger partial charge in [-0.15, -0.1) is 0 Å². The third kappa shape index (κ3) is 1.99. The SMILES string of the molecule is CN1C[C@H](n2cnc3ccncc3c2=O)CCC1=O. The number of amides is 1. The summed E-state index contributed by atoms with van der Waals surface area (Å²) in [7, 11) is 1.76. The molecule has 0 N–H and O–H groups in total. The maximum Gasteiger partial charge on any atom is 0.263 e. The summed E-state index contributed by atoms with van der Waals surface area (Å²) < 4.78 is 1.62. The smallest absolute Gasteiger partial charge is 0.263 e. The summed E-state index contributed by atoms with van der Waals surface area (Å²) in [5.41, 5.74) is 0.558. The number of hydrogen-bond donors (Lipinski definition) is 0. The lowest BCUT2D eigenvalue weighted by molar-refractivity contribution is -0.132. The molecule has 3 rings (SSSR count). The molecule has 0 saturated carbocycles. The lowest BCUT2D eigenvalue weighted by Crippen LogP contribution is -2.40. The Morgan fingerprint density at radius 2 is 2.21 bits per heavy atom. The summed E-state index contributed by atoms with van der Waals surface area (Å²) in [5.74, 6) is 0.125. The maximum atomic E-state index is 12.4. The Morgan fingerprint density at radius 1 is 1.37 bits per heavy atom. The highest BCUT2D eigenvalue weighted by Crippen LogP contribution is 2.20. The molecule has 1 aliphatic rings. The van der Waals surface area contributed by atoms with Crippen LogP contribution in [0.25, 0.3) is 10.9 Å². The first-order valence-corrected chi connectivity index (χ1v) is 6.21. The number of carbonyl (C=O) groups is 1. The van der Waals surface area contributed by atoms with E-state index in [2.05, 4.69) is 9.97 Å². The Morgan fingerprint density at radius 3 is 3.00 bits per heavy atom. The molecule has 6 nitrogen and oxygen atoms in total. The molecule has 1 atom stereocenters. The van der Waals surface area contributed by atoms with Crippen LogP contribution >= 0.6 is 0 Å². The number of aromatic nitrogens is 3. The molecule has 6 heteroatoms. The van der Waals surface area contributed by atoms with Crippen molar-refractivity contribution in [3.8, 4) is 0 Å². The predicted octanol–water partition coefficient (Wildman–Crippen LogP) is 0.585. The van der Waals surface area contributed by atoms with Crippen LogP contribution < -0.4 is 5.56 Å². The van der Waals surface area contributed by atoms with E-state index in [0.29, 0.717) is 30.3 Å². The van der Waals surface area contributed by atoms with E-state index in [9.17, 15) is 9.59 Å². The van der Waals surface area contributed by atoms with Gasteiger partial charge in [-0.1, -0.05) is 0 Å². The van der Waals surface area contributed by atoms with Gasteiger partial charge in [0.2, 0.25) is 5.91 Å². The van der Waals surface area contributed by atoms with Crippen molar-refractivity contribution < 1.29 is 4.79 Å². The number of carbonyl (C=O) groups excluding carboxylic acids is 1. The minimum Gasteiger partial charge on any atom is -0.344 e. The summed E-state index contributed by atoms with van der Waals surface area (Å²) in [4.78, 5) is 33.8. The van der Waals surface area contributed by atoms with Crippen LogP contribution in [-0.2, 0) is 4.79 Å². The van der Waals surface area contributed by atoms with E-state index in [0.717, 1.165) is 0 Å². The fourth-order valence-electron chi connectivity index (χ4n) is 2.46. The monoisotopic (exact) mass is 258 g/mol. The van der Waals surface area contributed by atoms with Gasteiger partial charge >= 0.3 is 0 Å². The van der Waals surface area contributed by atoms with Crippen molar-refractivity contribution in [2.75, 3.05) is 13.6 Å². The predicted molar refractivity (Wildman–Crippen MR) is 69.7 cm³/mol. The van der Waals surface area contributed by atoms with Crippen LogP contribution in [0, 0.1) is 0 Å². The molecule has 3 heterocycles. The molecule has 1 saturated heterocycles. The largest absolute Gasteiger partial charge is 0.344 e. The van der Waals surface area contributed by atoms with Gasteiger partial charge in [-0.3, -0.25) is 19.1 Å². The van der Waals surface area contributed by atoms with Gasteiger partial charge in [0.15, 0.2) is 0 Å². The lowest BCUT2D eigenvalue weighted by atomic mass is 10.1. The molecule has 1 fully saturated rings. The molecule has 19 heavy (non-hydrogen) atoms. The lowest BCUT2D eigenvalue weighted by Gasteiger charge is -2.30. The average Bonchev–Trinajstić information content (AvgIpc) is 2.43. The highest BCUT2D eigenvalue weighted by Gasteiger charge is 2.25. The zero-order valence-corrected chi connectivity index (χ0v) is 10.6. The van der Waals surface area contributed by atoms with Gasteiger partial charge < -0.3 is 4.90 Å². The second-order valence-corrected chi connectivity index (χ2v) is 4.82. The minimum absolute atomic E-state index is 0.00712.